The molecule has 0 aliphatic carbocycles. The molecule has 3 heteroatoms. The van der Waals surface area contributed by atoms with Crippen LogP contribution in [0.5, 0.6) is 0 Å². The number of carbonyl (C=O) groups excluding carboxylic acids is 1. The smallest absolute Gasteiger partial charge is 0.251 e. The van der Waals surface area contributed by atoms with Crippen molar-refractivity contribution in [3.63, 3.8) is 0 Å². The molecule has 1 unspecified atom stereocenters. The Hall–Kier alpha value is -0.570. The van der Waals surface area contributed by atoms with E-state index in [4.69, 9.17) is 0 Å². The van der Waals surface area contributed by atoms with Crippen molar-refractivity contribution in [2.24, 2.45) is 5.92 Å². The number of rotatable bonds is 1. The molecule has 1 saturated heterocycles. The molecule has 0 N–H and O–H groups in total. The first-order chi connectivity index (χ1) is 5.57. The van der Waals surface area contributed by atoms with Gasteiger partial charge in [-0.05, 0) is 6.92 Å². The zero-order chi connectivity index (χ0) is 9.30. The monoisotopic (exact) mass is 229 g/mol. The number of likely N-dealkylation sites (tertiary alicyclic amines) is 1. The van der Waals surface area contributed by atoms with Crippen LogP contribution in [0.2, 0.25) is 0 Å². The van der Waals surface area contributed by atoms with Crippen LogP contribution in [0, 0.1) is 5.92 Å². The summed E-state index contributed by atoms with van der Waals surface area (Å²) in [5.74, 6) is 0.288. The lowest BCUT2D eigenvalue weighted by Crippen LogP contribution is -2.19. The molecule has 0 aromatic rings. The minimum atomic E-state index is 0.106. The summed E-state index contributed by atoms with van der Waals surface area (Å²) in [6.07, 6.45) is 1.82. The Morgan fingerprint density at radius 1 is 1.83 bits per heavy atom. The first-order valence-corrected chi connectivity index (χ1v) is 4.61. The molecule has 2 nitrogen and oxygen atoms in total. The fraction of sp³-hybridized carbons (Fsp3) is 0.444. The zero-order valence-corrected chi connectivity index (χ0v) is 8.89. The number of carbonyl (C=O) groups is 1. The van der Waals surface area contributed by atoms with Gasteiger partial charge in [-0.3, -0.25) is 4.79 Å². The highest BCUT2D eigenvalue weighted by Gasteiger charge is 2.31. The van der Waals surface area contributed by atoms with Crippen molar-refractivity contribution in [1.29, 1.82) is 0 Å². The van der Waals surface area contributed by atoms with E-state index in [0.29, 0.717) is 0 Å². The van der Waals surface area contributed by atoms with Gasteiger partial charge < -0.3 is 4.90 Å². The van der Waals surface area contributed by atoms with Crippen molar-refractivity contribution in [2.45, 2.75) is 6.92 Å². The summed E-state index contributed by atoms with van der Waals surface area (Å²) in [6.45, 7) is 6.35. The van der Waals surface area contributed by atoms with E-state index in [9.17, 15) is 4.79 Å². The van der Waals surface area contributed by atoms with Gasteiger partial charge in [0.05, 0.1) is 0 Å². The molecule has 1 fully saturated rings. The summed E-state index contributed by atoms with van der Waals surface area (Å²) < 4.78 is 0.918. The van der Waals surface area contributed by atoms with E-state index in [1.54, 1.807) is 4.90 Å². The Kier molecular flexibility index (Phi) is 2.73. The normalized spacial score (nSPS) is 27.8. The Labute approximate surface area is 81.1 Å². The van der Waals surface area contributed by atoms with Crippen LogP contribution in [0.15, 0.2) is 22.7 Å². The van der Waals surface area contributed by atoms with Crippen LogP contribution in [0.3, 0.4) is 0 Å². The highest BCUT2D eigenvalue weighted by Crippen LogP contribution is 2.28. The van der Waals surface area contributed by atoms with E-state index in [1.807, 2.05) is 20.0 Å². The van der Waals surface area contributed by atoms with Gasteiger partial charge in [0.2, 0.25) is 0 Å². The third-order valence-electron chi connectivity index (χ3n) is 2.07. The molecular weight excluding hydrogens is 218 g/mol. The lowest BCUT2D eigenvalue weighted by Gasteiger charge is -2.04. The van der Waals surface area contributed by atoms with Crippen molar-refractivity contribution < 1.29 is 4.79 Å². The molecule has 12 heavy (non-hydrogen) atoms. The molecule has 0 saturated carbocycles. The maximum Gasteiger partial charge on any atom is 0.251 e. The maximum atomic E-state index is 11.5. The molecule has 0 radical (unpaired) electrons. The SMILES string of the molecule is C=CC1CN(C)C(=O)/C1=C(/C)Br. The van der Waals surface area contributed by atoms with Gasteiger partial charge in [0, 0.05) is 29.6 Å². The lowest BCUT2D eigenvalue weighted by molar-refractivity contribution is -0.123. The molecule has 1 atom stereocenters. The van der Waals surface area contributed by atoms with Crippen LogP contribution < -0.4 is 0 Å². The Morgan fingerprint density at radius 3 is 2.75 bits per heavy atom. The van der Waals surface area contributed by atoms with Gasteiger partial charge >= 0.3 is 0 Å². The van der Waals surface area contributed by atoms with Crippen molar-refractivity contribution in [3.05, 3.63) is 22.7 Å². The molecule has 1 aliphatic rings. The second-order valence-corrected chi connectivity index (χ2v) is 4.16. The van der Waals surface area contributed by atoms with E-state index < -0.39 is 0 Å². The molecule has 1 aliphatic heterocycles. The molecular formula is C9H12BrNO. The van der Waals surface area contributed by atoms with Crippen LogP contribution >= 0.6 is 15.9 Å². The van der Waals surface area contributed by atoms with Crippen molar-refractivity contribution in [1.82, 2.24) is 4.90 Å². The van der Waals surface area contributed by atoms with Crippen LogP contribution in [-0.2, 0) is 4.79 Å². The van der Waals surface area contributed by atoms with Gasteiger partial charge in [0.25, 0.3) is 5.91 Å². The average molecular weight is 230 g/mol. The summed E-state index contributed by atoms with van der Waals surface area (Å²) in [5, 5.41) is 0. The van der Waals surface area contributed by atoms with E-state index in [-0.39, 0.29) is 11.8 Å². The van der Waals surface area contributed by atoms with Crippen LogP contribution in [0.25, 0.3) is 0 Å². The Morgan fingerprint density at radius 2 is 2.42 bits per heavy atom. The highest BCUT2D eigenvalue weighted by molar-refractivity contribution is 9.11. The van der Waals surface area contributed by atoms with E-state index >= 15 is 0 Å². The number of hydrogen-bond donors (Lipinski definition) is 0. The summed E-state index contributed by atoms with van der Waals surface area (Å²) >= 11 is 3.33. The van der Waals surface area contributed by atoms with Crippen LogP contribution in [0.1, 0.15) is 6.92 Å². The third-order valence-corrected chi connectivity index (χ3v) is 2.50. The van der Waals surface area contributed by atoms with Gasteiger partial charge in [-0.15, -0.1) is 6.58 Å². The van der Waals surface area contributed by atoms with Gasteiger partial charge in [-0.1, -0.05) is 22.0 Å². The van der Waals surface area contributed by atoms with E-state index in [2.05, 4.69) is 22.5 Å². The van der Waals surface area contributed by atoms with Crippen LogP contribution in [0.4, 0.5) is 0 Å². The maximum absolute atomic E-state index is 11.5. The lowest BCUT2D eigenvalue weighted by atomic mass is 10.0. The Balaban J connectivity index is 3.05. The number of amides is 1. The van der Waals surface area contributed by atoms with Gasteiger partial charge in [-0.25, -0.2) is 0 Å². The first-order valence-electron chi connectivity index (χ1n) is 3.82. The number of allylic oxidation sites excluding steroid dienone is 1. The largest absolute Gasteiger partial charge is 0.341 e. The summed E-state index contributed by atoms with van der Waals surface area (Å²) in [4.78, 5) is 13.2. The quantitative estimate of drug-likeness (QED) is 0.498. The minimum Gasteiger partial charge on any atom is -0.341 e. The standard InChI is InChI=1S/C9H12BrNO/c1-4-7-5-11(3)9(12)8(7)6(2)10/h4,7H,1,5H2,2-3H3/b8-6-. The molecule has 1 rings (SSSR count). The molecule has 0 bridgehead atoms. The predicted octanol–water partition coefficient (Wildman–Crippen LogP) is 1.93. The average Bonchev–Trinajstić information content (AvgIpc) is 2.28. The van der Waals surface area contributed by atoms with Gasteiger partial charge in [0.15, 0.2) is 0 Å². The summed E-state index contributed by atoms with van der Waals surface area (Å²) in [6, 6.07) is 0. The Bertz CT molecular complexity index is 253. The minimum absolute atomic E-state index is 0.106. The van der Waals surface area contributed by atoms with Gasteiger partial charge in [-0.2, -0.15) is 0 Å². The predicted molar refractivity (Wildman–Crippen MR) is 53.0 cm³/mol. The van der Waals surface area contributed by atoms with Crippen molar-refractivity contribution in [2.75, 3.05) is 13.6 Å². The highest BCUT2D eigenvalue weighted by atomic mass is 79.9. The topological polar surface area (TPSA) is 20.3 Å². The number of halogens is 1. The second-order valence-electron chi connectivity index (χ2n) is 2.98. The fourth-order valence-corrected chi connectivity index (χ4v) is 1.89. The molecule has 1 heterocycles. The van der Waals surface area contributed by atoms with Gasteiger partial charge in [0.1, 0.15) is 0 Å². The summed E-state index contributed by atoms with van der Waals surface area (Å²) in [5.41, 5.74) is 0.840. The van der Waals surface area contributed by atoms with E-state index in [1.165, 1.54) is 0 Å². The molecule has 1 amide bonds. The van der Waals surface area contributed by atoms with E-state index in [0.717, 1.165) is 16.6 Å². The second kappa shape index (κ2) is 3.44. The molecule has 66 valence electrons. The van der Waals surface area contributed by atoms with Crippen molar-refractivity contribution >= 4 is 21.8 Å². The third kappa shape index (κ3) is 1.46. The molecule has 0 aromatic carbocycles. The summed E-state index contributed by atoms with van der Waals surface area (Å²) in [7, 11) is 1.81. The molecule has 0 spiro atoms. The number of nitrogens with zero attached hydrogens (tertiary/aromatic N) is 1. The zero-order valence-electron chi connectivity index (χ0n) is 7.30. The molecule has 0 aromatic heterocycles. The number of hydrogen-bond acceptors (Lipinski definition) is 1. The van der Waals surface area contributed by atoms with Crippen molar-refractivity contribution in [3.8, 4) is 0 Å². The first kappa shape index (κ1) is 9.52. The van der Waals surface area contributed by atoms with Crippen LogP contribution in [-0.4, -0.2) is 24.4 Å². The number of likely N-dealkylation sites (N-methyl/N-ethyl adjacent to an activating group) is 1. The fourth-order valence-electron chi connectivity index (χ4n) is 1.43.